The number of hydrogen-bond acceptors (Lipinski definition) is 4. The average Bonchev–Trinajstić information content (AvgIpc) is 2.69. The van der Waals surface area contributed by atoms with E-state index >= 15 is 0 Å². The highest BCUT2D eigenvalue weighted by Gasteiger charge is 2.34. The topological polar surface area (TPSA) is 87.0 Å². The largest absolute Gasteiger partial charge is 0.378 e. The Bertz CT molecular complexity index is 424. The number of nitrogen functional groups attached to an aromatic ring is 1. The van der Waals surface area contributed by atoms with Gasteiger partial charge in [0.1, 0.15) is 6.20 Å². The van der Waals surface area contributed by atoms with E-state index < -0.39 is 4.92 Å². The molecule has 0 saturated heterocycles. The van der Waals surface area contributed by atoms with Crippen LogP contribution in [-0.2, 0) is 0 Å². The average molecular weight is 224 g/mol. The van der Waals surface area contributed by atoms with Gasteiger partial charge in [0, 0.05) is 0 Å². The summed E-state index contributed by atoms with van der Waals surface area (Å²) in [5, 5.41) is 14.7. The first-order valence-electron chi connectivity index (χ1n) is 5.38. The fraction of sp³-hybridized carbons (Fsp3) is 0.700. The second-order valence-corrected chi connectivity index (χ2v) is 5.18. The van der Waals surface area contributed by atoms with Gasteiger partial charge in [0.25, 0.3) is 0 Å². The van der Waals surface area contributed by atoms with Crippen molar-refractivity contribution in [2.24, 2.45) is 5.41 Å². The van der Waals surface area contributed by atoms with E-state index in [1.165, 1.54) is 6.20 Å². The molecule has 0 spiro atoms. The lowest BCUT2D eigenvalue weighted by Gasteiger charge is -2.17. The van der Waals surface area contributed by atoms with Crippen LogP contribution in [0.15, 0.2) is 6.20 Å². The van der Waals surface area contributed by atoms with Crippen LogP contribution in [0.1, 0.15) is 39.2 Å². The molecule has 0 aromatic carbocycles. The molecule has 0 radical (unpaired) electrons. The van der Waals surface area contributed by atoms with Crippen molar-refractivity contribution in [3.05, 3.63) is 16.3 Å². The summed E-state index contributed by atoms with van der Waals surface area (Å²) in [7, 11) is 0. The molecular weight excluding hydrogens is 208 g/mol. The summed E-state index contributed by atoms with van der Waals surface area (Å²) in [5.41, 5.74) is 5.91. The SMILES string of the molecule is CC1(C)CCC(n2ncc([N+](=O)[O-])c2N)C1. The third kappa shape index (κ3) is 1.75. The van der Waals surface area contributed by atoms with Crippen LogP contribution < -0.4 is 5.73 Å². The van der Waals surface area contributed by atoms with Gasteiger partial charge < -0.3 is 5.73 Å². The van der Waals surface area contributed by atoms with Crippen LogP contribution >= 0.6 is 0 Å². The molecule has 0 amide bonds. The Balaban J connectivity index is 2.26. The predicted molar refractivity (Wildman–Crippen MR) is 60.0 cm³/mol. The molecule has 1 aromatic heterocycles. The van der Waals surface area contributed by atoms with Crippen molar-refractivity contribution < 1.29 is 4.92 Å². The van der Waals surface area contributed by atoms with Crippen molar-refractivity contribution in [1.29, 1.82) is 0 Å². The zero-order valence-corrected chi connectivity index (χ0v) is 9.51. The Hall–Kier alpha value is -1.59. The molecule has 6 nitrogen and oxygen atoms in total. The molecule has 0 aliphatic heterocycles. The van der Waals surface area contributed by atoms with E-state index in [1.807, 2.05) is 0 Å². The molecule has 1 saturated carbocycles. The first-order valence-corrected chi connectivity index (χ1v) is 5.38. The Labute approximate surface area is 93.6 Å². The molecule has 88 valence electrons. The minimum absolute atomic E-state index is 0.0929. The van der Waals surface area contributed by atoms with Crippen LogP contribution in [-0.4, -0.2) is 14.7 Å². The van der Waals surface area contributed by atoms with Crippen LogP contribution in [0, 0.1) is 15.5 Å². The molecule has 1 fully saturated rings. The lowest BCUT2D eigenvalue weighted by atomic mass is 9.92. The van der Waals surface area contributed by atoms with Gasteiger partial charge in [0.05, 0.1) is 11.0 Å². The third-order valence-electron chi connectivity index (χ3n) is 3.30. The van der Waals surface area contributed by atoms with Crippen molar-refractivity contribution >= 4 is 11.5 Å². The van der Waals surface area contributed by atoms with Gasteiger partial charge >= 0.3 is 5.69 Å². The van der Waals surface area contributed by atoms with Crippen molar-refractivity contribution in [3.63, 3.8) is 0 Å². The standard InChI is InChI=1S/C10H16N4O2/c1-10(2)4-3-7(5-10)13-9(11)8(6-12-13)14(15)16/h6-7H,3-5,11H2,1-2H3. The highest BCUT2D eigenvalue weighted by Crippen LogP contribution is 2.44. The van der Waals surface area contributed by atoms with Crippen molar-refractivity contribution in [3.8, 4) is 0 Å². The molecule has 6 heteroatoms. The van der Waals surface area contributed by atoms with E-state index in [0.717, 1.165) is 19.3 Å². The number of nitrogens with two attached hydrogens (primary N) is 1. The van der Waals surface area contributed by atoms with E-state index in [-0.39, 0.29) is 23.0 Å². The second kappa shape index (κ2) is 3.47. The summed E-state index contributed by atoms with van der Waals surface area (Å²) >= 11 is 0. The summed E-state index contributed by atoms with van der Waals surface area (Å²) < 4.78 is 1.60. The van der Waals surface area contributed by atoms with E-state index in [1.54, 1.807) is 4.68 Å². The monoisotopic (exact) mass is 224 g/mol. The Morgan fingerprint density at radius 3 is 2.81 bits per heavy atom. The Kier molecular flexibility index (Phi) is 2.36. The van der Waals surface area contributed by atoms with Gasteiger partial charge in [0.2, 0.25) is 5.82 Å². The third-order valence-corrected chi connectivity index (χ3v) is 3.30. The number of nitrogens with zero attached hydrogens (tertiary/aromatic N) is 3. The molecule has 1 aromatic rings. The minimum atomic E-state index is -0.487. The molecule has 1 aliphatic carbocycles. The van der Waals surface area contributed by atoms with Gasteiger partial charge in [-0.3, -0.25) is 10.1 Å². The van der Waals surface area contributed by atoms with Gasteiger partial charge in [-0.2, -0.15) is 5.10 Å². The van der Waals surface area contributed by atoms with E-state index in [0.29, 0.717) is 0 Å². The van der Waals surface area contributed by atoms with Gasteiger partial charge in [-0.25, -0.2) is 4.68 Å². The van der Waals surface area contributed by atoms with Gasteiger partial charge in [-0.05, 0) is 24.7 Å². The number of rotatable bonds is 2. The maximum Gasteiger partial charge on any atom is 0.330 e. The molecular formula is C10H16N4O2. The molecule has 2 rings (SSSR count). The zero-order valence-electron chi connectivity index (χ0n) is 9.51. The van der Waals surface area contributed by atoms with Gasteiger partial charge in [-0.1, -0.05) is 13.8 Å². The lowest BCUT2D eigenvalue weighted by molar-refractivity contribution is -0.384. The highest BCUT2D eigenvalue weighted by atomic mass is 16.6. The van der Waals surface area contributed by atoms with Crippen LogP contribution in [0.25, 0.3) is 0 Å². The maximum atomic E-state index is 10.6. The molecule has 1 atom stereocenters. The number of aromatic nitrogens is 2. The fourth-order valence-electron chi connectivity index (χ4n) is 2.40. The van der Waals surface area contributed by atoms with E-state index in [4.69, 9.17) is 5.73 Å². The normalized spacial score (nSPS) is 23.5. The summed E-state index contributed by atoms with van der Waals surface area (Å²) in [6.07, 6.45) is 4.29. The second-order valence-electron chi connectivity index (χ2n) is 5.18. The molecule has 2 N–H and O–H groups in total. The summed E-state index contributed by atoms with van der Waals surface area (Å²) in [4.78, 5) is 10.2. The van der Waals surface area contributed by atoms with Crippen molar-refractivity contribution in [1.82, 2.24) is 9.78 Å². The molecule has 1 unspecified atom stereocenters. The summed E-state index contributed by atoms with van der Waals surface area (Å²) in [5.74, 6) is 0.174. The number of nitro groups is 1. The fourth-order valence-corrected chi connectivity index (χ4v) is 2.40. The molecule has 1 heterocycles. The predicted octanol–water partition coefficient (Wildman–Crippen LogP) is 2.12. The van der Waals surface area contributed by atoms with Gasteiger partial charge in [0.15, 0.2) is 0 Å². The lowest BCUT2D eigenvalue weighted by Crippen LogP contribution is -2.13. The van der Waals surface area contributed by atoms with E-state index in [2.05, 4.69) is 18.9 Å². The minimum Gasteiger partial charge on any atom is -0.378 e. The first kappa shape index (κ1) is 10.9. The highest BCUT2D eigenvalue weighted by molar-refractivity contribution is 5.51. The first-order chi connectivity index (χ1) is 7.41. The maximum absolute atomic E-state index is 10.6. The Morgan fingerprint density at radius 1 is 1.69 bits per heavy atom. The Morgan fingerprint density at radius 2 is 2.38 bits per heavy atom. The van der Waals surface area contributed by atoms with Crippen molar-refractivity contribution in [2.75, 3.05) is 5.73 Å². The zero-order chi connectivity index (χ0) is 11.9. The smallest absolute Gasteiger partial charge is 0.330 e. The number of anilines is 1. The molecule has 16 heavy (non-hydrogen) atoms. The van der Waals surface area contributed by atoms with Crippen LogP contribution in [0.4, 0.5) is 11.5 Å². The van der Waals surface area contributed by atoms with Crippen LogP contribution in [0.3, 0.4) is 0 Å². The summed E-state index contributed by atoms with van der Waals surface area (Å²) in [6.45, 7) is 4.39. The quantitative estimate of drug-likeness (QED) is 0.615. The van der Waals surface area contributed by atoms with Crippen molar-refractivity contribution in [2.45, 2.75) is 39.2 Å². The molecule has 1 aliphatic rings. The van der Waals surface area contributed by atoms with Crippen LogP contribution in [0.5, 0.6) is 0 Å². The molecule has 0 bridgehead atoms. The summed E-state index contributed by atoms with van der Waals surface area (Å²) in [6, 6.07) is 0.198. The van der Waals surface area contributed by atoms with E-state index in [9.17, 15) is 10.1 Å². The van der Waals surface area contributed by atoms with Crippen LogP contribution in [0.2, 0.25) is 0 Å². The van der Waals surface area contributed by atoms with Gasteiger partial charge in [-0.15, -0.1) is 0 Å². The number of hydrogen-bond donors (Lipinski definition) is 1.